The van der Waals surface area contributed by atoms with Crippen LogP contribution in [-0.4, -0.2) is 31.3 Å². The molecule has 3 rings (SSSR count). The number of hydrogen-bond acceptors (Lipinski definition) is 4. The Kier molecular flexibility index (Phi) is 5.42. The Morgan fingerprint density at radius 1 is 1.07 bits per heavy atom. The van der Waals surface area contributed by atoms with Crippen molar-refractivity contribution in [3.05, 3.63) is 52.7 Å². The summed E-state index contributed by atoms with van der Waals surface area (Å²) in [6.07, 6.45) is -3.47. The highest BCUT2D eigenvalue weighted by Gasteiger charge is 2.33. The van der Waals surface area contributed by atoms with Crippen LogP contribution in [0.25, 0.3) is 10.9 Å². The molecule has 0 aliphatic carbocycles. The van der Waals surface area contributed by atoms with Gasteiger partial charge in [0, 0.05) is 40.2 Å². The van der Waals surface area contributed by atoms with Crippen LogP contribution >= 0.6 is 11.6 Å². The Balaban J connectivity index is 1.99. The number of hydrogen-bond donors (Lipinski definition) is 1. The first-order chi connectivity index (χ1) is 13.2. The topological polar surface area (TPSA) is 60.6 Å². The number of fused-ring (bicyclic) bond motifs is 1. The van der Waals surface area contributed by atoms with Gasteiger partial charge < -0.3 is 19.2 Å². The molecular weight excluding hydrogens is 399 g/mol. The maximum atomic E-state index is 12.8. The molecule has 0 unspecified atom stereocenters. The molecule has 1 N–H and O–H groups in total. The van der Waals surface area contributed by atoms with E-state index in [1.165, 1.54) is 26.5 Å². The molecule has 9 heteroatoms. The van der Waals surface area contributed by atoms with Gasteiger partial charge in [-0.1, -0.05) is 17.7 Å². The SMILES string of the molecule is COc1cc(Cl)ccc1CC(=O)c1c[nH]c2cc(OC)c(OC(F)(F)F)cc12. The summed E-state index contributed by atoms with van der Waals surface area (Å²) in [5.74, 6) is -0.497. The fourth-order valence-corrected chi connectivity index (χ4v) is 3.02. The van der Waals surface area contributed by atoms with Gasteiger partial charge in [0.15, 0.2) is 17.3 Å². The highest BCUT2D eigenvalue weighted by Crippen LogP contribution is 2.37. The van der Waals surface area contributed by atoms with Crippen LogP contribution in [0, 0.1) is 0 Å². The highest BCUT2D eigenvalue weighted by atomic mass is 35.5. The van der Waals surface area contributed by atoms with Crippen LogP contribution in [0.1, 0.15) is 15.9 Å². The molecule has 1 heterocycles. The number of H-pyrrole nitrogens is 1. The van der Waals surface area contributed by atoms with Crippen LogP contribution in [0.5, 0.6) is 17.2 Å². The van der Waals surface area contributed by atoms with Gasteiger partial charge >= 0.3 is 6.36 Å². The van der Waals surface area contributed by atoms with E-state index in [1.807, 2.05) is 0 Å². The van der Waals surface area contributed by atoms with Crippen molar-refractivity contribution in [2.24, 2.45) is 0 Å². The molecule has 0 saturated carbocycles. The molecule has 0 bridgehead atoms. The van der Waals surface area contributed by atoms with Crippen molar-refractivity contribution in [3.8, 4) is 17.2 Å². The maximum Gasteiger partial charge on any atom is 0.573 e. The molecule has 28 heavy (non-hydrogen) atoms. The first kappa shape index (κ1) is 19.9. The largest absolute Gasteiger partial charge is 0.573 e. The summed E-state index contributed by atoms with van der Waals surface area (Å²) in [7, 11) is 2.69. The average Bonchev–Trinajstić information content (AvgIpc) is 3.03. The van der Waals surface area contributed by atoms with Crippen molar-refractivity contribution in [2.45, 2.75) is 12.8 Å². The van der Waals surface area contributed by atoms with Gasteiger partial charge in [0.2, 0.25) is 0 Å². The van der Waals surface area contributed by atoms with Crippen molar-refractivity contribution in [3.63, 3.8) is 0 Å². The summed E-state index contributed by atoms with van der Waals surface area (Å²) in [4.78, 5) is 15.7. The summed E-state index contributed by atoms with van der Waals surface area (Å²) in [6, 6.07) is 7.34. The standard InChI is InChI=1S/C19H15ClF3NO4/c1-26-16-6-11(20)4-3-10(16)5-15(25)13-9-24-14-8-17(27-2)18(7-12(13)14)28-19(21,22)23/h3-4,6-9,24H,5H2,1-2H3. The monoisotopic (exact) mass is 413 g/mol. The van der Waals surface area contributed by atoms with Crippen molar-refractivity contribution in [2.75, 3.05) is 14.2 Å². The Bertz CT molecular complexity index is 1030. The van der Waals surface area contributed by atoms with Crippen molar-refractivity contribution >= 4 is 28.3 Å². The molecule has 0 spiro atoms. The van der Waals surface area contributed by atoms with Crippen LogP contribution in [-0.2, 0) is 6.42 Å². The fourth-order valence-electron chi connectivity index (χ4n) is 2.86. The zero-order chi connectivity index (χ0) is 20.5. The second-order valence-corrected chi connectivity index (χ2v) is 6.29. The Morgan fingerprint density at radius 2 is 1.79 bits per heavy atom. The number of halogens is 4. The molecule has 5 nitrogen and oxygen atoms in total. The smallest absolute Gasteiger partial charge is 0.496 e. The lowest BCUT2D eigenvalue weighted by Crippen LogP contribution is -2.17. The number of ether oxygens (including phenoxy) is 3. The van der Waals surface area contributed by atoms with Gasteiger partial charge in [0.1, 0.15) is 5.75 Å². The number of methoxy groups -OCH3 is 2. The number of ketones is 1. The molecule has 2 aromatic carbocycles. The molecule has 0 saturated heterocycles. The number of alkyl halides is 3. The number of Topliss-reactive ketones (excluding diaryl/α,β-unsaturated/α-hetero) is 1. The van der Waals surface area contributed by atoms with E-state index in [2.05, 4.69) is 9.72 Å². The van der Waals surface area contributed by atoms with Crippen LogP contribution in [0.3, 0.4) is 0 Å². The Morgan fingerprint density at radius 3 is 2.43 bits per heavy atom. The van der Waals surface area contributed by atoms with Crippen molar-refractivity contribution in [1.82, 2.24) is 4.98 Å². The molecule has 1 aromatic heterocycles. The van der Waals surface area contributed by atoms with Crippen LogP contribution in [0.2, 0.25) is 5.02 Å². The van der Waals surface area contributed by atoms with Gasteiger partial charge in [-0.15, -0.1) is 13.2 Å². The summed E-state index contributed by atoms with van der Waals surface area (Å²) >= 11 is 5.92. The zero-order valence-electron chi connectivity index (χ0n) is 14.8. The normalized spacial score (nSPS) is 11.5. The molecule has 0 atom stereocenters. The lowest BCUT2D eigenvalue weighted by atomic mass is 10.0. The molecule has 3 aromatic rings. The van der Waals surface area contributed by atoms with E-state index >= 15 is 0 Å². The second-order valence-electron chi connectivity index (χ2n) is 5.85. The van der Waals surface area contributed by atoms with Gasteiger partial charge in [-0.3, -0.25) is 4.79 Å². The number of aromatic amines is 1. The predicted molar refractivity (Wildman–Crippen MR) is 97.6 cm³/mol. The predicted octanol–water partition coefficient (Wildman–Crippen LogP) is 5.16. The van der Waals surface area contributed by atoms with Gasteiger partial charge in [0.25, 0.3) is 0 Å². The molecule has 148 valence electrons. The average molecular weight is 414 g/mol. The number of rotatable bonds is 6. The van der Waals surface area contributed by atoms with E-state index in [9.17, 15) is 18.0 Å². The maximum absolute atomic E-state index is 12.8. The third-order valence-electron chi connectivity index (χ3n) is 4.09. The lowest BCUT2D eigenvalue weighted by molar-refractivity contribution is -0.275. The Hall–Kier alpha value is -2.87. The molecule has 0 aliphatic heterocycles. The van der Waals surface area contributed by atoms with Crippen LogP contribution in [0.15, 0.2) is 36.5 Å². The van der Waals surface area contributed by atoms with Gasteiger partial charge in [-0.2, -0.15) is 0 Å². The third-order valence-corrected chi connectivity index (χ3v) is 4.33. The molecular formula is C19H15ClF3NO4. The molecule has 0 fully saturated rings. The first-order valence-corrected chi connectivity index (χ1v) is 8.40. The molecule has 0 radical (unpaired) electrons. The van der Waals surface area contributed by atoms with E-state index < -0.39 is 12.1 Å². The zero-order valence-corrected chi connectivity index (χ0v) is 15.6. The number of nitrogens with one attached hydrogen (secondary N) is 1. The van der Waals surface area contributed by atoms with Crippen LogP contribution in [0.4, 0.5) is 13.2 Å². The summed E-state index contributed by atoms with van der Waals surface area (Å²) < 4.78 is 52.2. The van der Waals surface area contributed by atoms with Gasteiger partial charge in [-0.05, 0) is 18.2 Å². The summed E-state index contributed by atoms with van der Waals surface area (Å²) in [5, 5.41) is 0.749. The number of carbonyl (C=O) groups excluding carboxylic acids is 1. The van der Waals surface area contributed by atoms with Crippen molar-refractivity contribution < 1.29 is 32.2 Å². The highest BCUT2D eigenvalue weighted by molar-refractivity contribution is 6.30. The van der Waals surface area contributed by atoms with Crippen molar-refractivity contribution in [1.29, 1.82) is 0 Å². The van der Waals surface area contributed by atoms with E-state index in [0.29, 0.717) is 21.9 Å². The number of benzene rings is 2. The second kappa shape index (κ2) is 7.63. The van der Waals surface area contributed by atoms with E-state index in [0.717, 1.165) is 6.07 Å². The van der Waals surface area contributed by atoms with E-state index in [1.54, 1.807) is 18.2 Å². The minimum absolute atomic E-state index is 0.0191. The fraction of sp³-hybridized carbons (Fsp3) is 0.211. The van der Waals surface area contributed by atoms with Gasteiger partial charge in [0.05, 0.1) is 19.7 Å². The van der Waals surface area contributed by atoms with Gasteiger partial charge in [-0.25, -0.2) is 0 Å². The quantitative estimate of drug-likeness (QED) is 0.567. The number of carbonyl (C=O) groups is 1. The number of aromatic nitrogens is 1. The summed E-state index contributed by atoms with van der Waals surface area (Å²) in [5.41, 5.74) is 1.27. The van der Waals surface area contributed by atoms with Crippen LogP contribution < -0.4 is 14.2 Å². The lowest BCUT2D eigenvalue weighted by Gasteiger charge is -2.13. The van der Waals surface area contributed by atoms with E-state index in [-0.39, 0.29) is 28.9 Å². The summed E-state index contributed by atoms with van der Waals surface area (Å²) in [6.45, 7) is 0. The third kappa shape index (κ3) is 4.17. The minimum atomic E-state index is -4.89. The minimum Gasteiger partial charge on any atom is -0.496 e. The van der Waals surface area contributed by atoms with E-state index in [4.69, 9.17) is 21.1 Å². The molecule has 0 aliphatic rings. The first-order valence-electron chi connectivity index (χ1n) is 8.02. The Labute approximate surface area is 163 Å². The molecule has 0 amide bonds.